The molecule has 1 fully saturated rings. The molecular formula is C28H40N2O2. The topological polar surface area (TPSA) is 32.8 Å². The van der Waals surface area contributed by atoms with Crippen LogP contribution in [0.2, 0.25) is 0 Å². The summed E-state index contributed by atoms with van der Waals surface area (Å²) in [6.45, 7) is 15.1. The fourth-order valence-electron chi connectivity index (χ4n) is 4.94. The van der Waals surface area contributed by atoms with Crippen molar-refractivity contribution in [2.45, 2.75) is 47.1 Å². The van der Waals surface area contributed by atoms with Gasteiger partial charge in [0, 0.05) is 44.6 Å². The minimum absolute atomic E-state index is 0.0221. The first-order valence-electron chi connectivity index (χ1n) is 12.0. The molecular weight excluding hydrogens is 396 g/mol. The fourth-order valence-corrected chi connectivity index (χ4v) is 4.94. The molecule has 2 aromatic rings. The SMILES string of the molecule is COc1cccc([C@@H]2CN(Cc3cccc(C)c3)C[C@@H]2CN(CC(C)C)C(=O)C(C)C)c1. The van der Waals surface area contributed by atoms with Crippen LogP contribution >= 0.6 is 0 Å². The quantitative estimate of drug-likeness (QED) is 0.530. The lowest BCUT2D eigenvalue weighted by atomic mass is 9.88. The van der Waals surface area contributed by atoms with E-state index in [1.165, 1.54) is 16.7 Å². The van der Waals surface area contributed by atoms with Crippen LogP contribution in [0.5, 0.6) is 5.75 Å². The number of rotatable bonds is 9. The van der Waals surface area contributed by atoms with Gasteiger partial charge < -0.3 is 9.64 Å². The maximum absolute atomic E-state index is 13.0. The number of ether oxygens (including phenoxy) is 1. The lowest BCUT2D eigenvalue weighted by molar-refractivity contribution is -0.135. The zero-order valence-electron chi connectivity index (χ0n) is 20.7. The summed E-state index contributed by atoms with van der Waals surface area (Å²) >= 11 is 0. The van der Waals surface area contributed by atoms with Crippen molar-refractivity contribution >= 4 is 5.91 Å². The second-order valence-electron chi connectivity index (χ2n) is 10.1. The molecule has 4 heteroatoms. The first-order valence-corrected chi connectivity index (χ1v) is 12.0. The Kier molecular flexibility index (Phi) is 8.36. The number of hydrogen-bond acceptors (Lipinski definition) is 3. The Morgan fingerprint density at radius 2 is 1.84 bits per heavy atom. The predicted molar refractivity (Wildman–Crippen MR) is 132 cm³/mol. The first kappa shape index (κ1) is 24.3. The van der Waals surface area contributed by atoms with Crippen LogP contribution in [0.3, 0.4) is 0 Å². The van der Waals surface area contributed by atoms with E-state index in [0.717, 1.165) is 38.5 Å². The second kappa shape index (κ2) is 11.0. The molecule has 0 N–H and O–H groups in total. The highest BCUT2D eigenvalue weighted by Crippen LogP contribution is 2.36. The lowest BCUT2D eigenvalue weighted by Gasteiger charge is -2.31. The maximum atomic E-state index is 13.0. The summed E-state index contributed by atoms with van der Waals surface area (Å²) in [7, 11) is 1.72. The van der Waals surface area contributed by atoms with E-state index in [-0.39, 0.29) is 11.8 Å². The third-order valence-corrected chi connectivity index (χ3v) is 6.37. The van der Waals surface area contributed by atoms with E-state index in [9.17, 15) is 4.79 Å². The summed E-state index contributed by atoms with van der Waals surface area (Å²) in [6.07, 6.45) is 0. The number of nitrogens with zero attached hydrogens (tertiary/aromatic N) is 2. The van der Waals surface area contributed by atoms with E-state index in [1.807, 2.05) is 19.9 Å². The Balaban J connectivity index is 1.85. The molecule has 1 heterocycles. The molecule has 174 valence electrons. The van der Waals surface area contributed by atoms with Gasteiger partial charge in [0.1, 0.15) is 5.75 Å². The van der Waals surface area contributed by atoms with Gasteiger partial charge in [-0.1, -0.05) is 69.7 Å². The van der Waals surface area contributed by atoms with Crippen LogP contribution in [0, 0.1) is 24.7 Å². The second-order valence-corrected chi connectivity index (χ2v) is 10.1. The first-order chi connectivity index (χ1) is 15.3. The highest BCUT2D eigenvalue weighted by molar-refractivity contribution is 5.78. The van der Waals surface area contributed by atoms with Crippen LogP contribution in [0.25, 0.3) is 0 Å². The number of benzene rings is 2. The summed E-state index contributed by atoms with van der Waals surface area (Å²) in [5, 5.41) is 0. The monoisotopic (exact) mass is 436 g/mol. The number of carbonyl (C=O) groups excluding carboxylic acids is 1. The molecule has 1 saturated heterocycles. The summed E-state index contributed by atoms with van der Waals surface area (Å²) in [5.74, 6) is 2.42. The zero-order chi connectivity index (χ0) is 23.3. The molecule has 3 rings (SSSR count). The van der Waals surface area contributed by atoms with Gasteiger partial charge in [0.25, 0.3) is 0 Å². The number of amides is 1. The normalized spacial score (nSPS) is 19.0. The Labute approximate surface area is 194 Å². The molecule has 0 radical (unpaired) electrons. The Bertz CT molecular complexity index is 893. The van der Waals surface area contributed by atoms with Crippen molar-refractivity contribution in [2.24, 2.45) is 17.8 Å². The highest BCUT2D eigenvalue weighted by Gasteiger charge is 2.36. The van der Waals surface area contributed by atoms with Gasteiger partial charge >= 0.3 is 0 Å². The Hall–Kier alpha value is -2.33. The van der Waals surface area contributed by atoms with Gasteiger partial charge in [-0.05, 0) is 42.0 Å². The van der Waals surface area contributed by atoms with E-state index in [0.29, 0.717) is 17.8 Å². The Morgan fingerprint density at radius 3 is 2.50 bits per heavy atom. The predicted octanol–water partition coefficient (Wildman–Crippen LogP) is 5.36. The van der Waals surface area contributed by atoms with Crippen molar-refractivity contribution < 1.29 is 9.53 Å². The molecule has 1 aliphatic rings. The van der Waals surface area contributed by atoms with E-state index in [2.05, 4.69) is 73.0 Å². The van der Waals surface area contributed by atoms with Gasteiger partial charge in [-0.3, -0.25) is 9.69 Å². The molecule has 1 amide bonds. The maximum Gasteiger partial charge on any atom is 0.225 e. The van der Waals surface area contributed by atoms with Crippen LogP contribution in [0.1, 0.15) is 50.3 Å². The van der Waals surface area contributed by atoms with Gasteiger partial charge in [0.15, 0.2) is 0 Å². The van der Waals surface area contributed by atoms with Gasteiger partial charge in [-0.25, -0.2) is 0 Å². The standard InChI is InChI=1S/C28H40N2O2/c1-20(2)15-30(28(31)21(3)4)18-25-17-29(16-23-10-7-9-22(5)13-23)19-27(25)24-11-8-12-26(14-24)32-6/h7-14,20-21,25,27H,15-19H2,1-6H3/t25-,27+/m1/s1. The molecule has 0 saturated carbocycles. The fraction of sp³-hybridized carbons (Fsp3) is 0.536. The molecule has 2 atom stereocenters. The number of methoxy groups -OCH3 is 1. The van der Waals surface area contributed by atoms with Gasteiger partial charge in [0.05, 0.1) is 7.11 Å². The lowest BCUT2D eigenvalue weighted by Crippen LogP contribution is -2.41. The summed E-state index contributed by atoms with van der Waals surface area (Å²) in [5.41, 5.74) is 3.96. The van der Waals surface area contributed by atoms with Crippen molar-refractivity contribution in [3.8, 4) is 5.75 Å². The number of carbonyl (C=O) groups is 1. The van der Waals surface area contributed by atoms with Crippen molar-refractivity contribution in [3.05, 3.63) is 65.2 Å². The number of hydrogen-bond donors (Lipinski definition) is 0. The summed E-state index contributed by atoms with van der Waals surface area (Å²) in [6, 6.07) is 17.3. The summed E-state index contributed by atoms with van der Waals surface area (Å²) in [4.78, 5) is 17.7. The summed E-state index contributed by atoms with van der Waals surface area (Å²) < 4.78 is 5.51. The molecule has 32 heavy (non-hydrogen) atoms. The molecule has 0 spiro atoms. The van der Waals surface area contributed by atoms with E-state index >= 15 is 0 Å². The van der Waals surface area contributed by atoms with Gasteiger partial charge in [-0.15, -0.1) is 0 Å². The third-order valence-electron chi connectivity index (χ3n) is 6.37. The van der Waals surface area contributed by atoms with Crippen molar-refractivity contribution in [1.29, 1.82) is 0 Å². The van der Waals surface area contributed by atoms with Crippen LogP contribution in [-0.4, -0.2) is 49.0 Å². The number of aryl methyl sites for hydroxylation is 1. The zero-order valence-corrected chi connectivity index (χ0v) is 20.7. The van der Waals surface area contributed by atoms with Crippen molar-refractivity contribution in [3.63, 3.8) is 0 Å². The van der Waals surface area contributed by atoms with E-state index in [4.69, 9.17) is 4.74 Å². The molecule has 4 nitrogen and oxygen atoms in total. The van der Waals surface area contributed by atoms with Gasteiger partial charge in [0.2, 0.25) is 5.91 Å². The smallest absolute Gasteiger partial charge is 0.225 e. The molecule has 2 aromatic carbocycles. The van der Waals surface area contributed by atoms with Crippen molar-refractivity contribution in [2.75, 3.05) is 33.3 Å². The molecule has 0 aromatic heterocycles. The molecule has 0 unspecified atom stereocenters. The van der Waals surface area contributed by atoms with E-state index in [1.54, 1.807) is 7.11 Å². The molecule has 1 aliphatic heterocycles. The molecule has 0 aliphatic carbocycles. The van der Waals surface area contributed by atoms with E-state index < -0.39 is 0 Å². The minimum atomic E-state index is 0.0221. The van der Waals surface area contributed by atoms with Gasteiger partial charge in [-0.2, -0.15) is 0 Å². The van der Waals surface area contributed by atoms with Crippen LogP contribution in [-0.2, 0) is 11.3 Å². The van der Waals surface area contributed by atoms with Crippen molar-refractivity contribution in [1.82, 2.24) is 9.80 Å². The molecule has 0 bridgehead atoms. The average molecular weight is 437 g/mol. The average Bonchev–Trinajstić information content (AvgIpc) is 3.14. The largest absolute Gasteiger partial charge is 0.497 e. The van der Waals surface area contributed by atoms with Crippen LogP contribution < -0.4 is 4.74 Å². The van der Waals surface area contributed by atoms with Crippen LogP contribution in [0.4, 0.5) is 0 Å². The third kappa shape index (κ3) is 6.35. The number of likely N-dealkylation sites (tertiary alicyclic amines) is 1. The minimum Gasteiger partial charge on any atom is -0.497 e. The highest BCUT2D eigenvalue weighted by atomic mass is 16.5. The van der Waals surface area contributed by atoms with Crippen LogP contribution in [0.15, 0.2) is 48.5 Å². The Morgan fingerprint density at radius 1 is 1.09 bits per heavy atom.